The summed E-state index contributed by atoms with van der Waals surface area (Å²) >= 11 is 0. The van der Waals surface area contributed by atoms with Crippen LogP contribution < -0.4 is 4.74 Å². The summed E-state index contributed by atoms with van der Waals surface area (Å²) in [6.45, 7) is 3.75. The minimum Gasteiger partial charge on any atom is -0.507 e. The van der Waals surface area contributed by atoms with Gasteiger partial charge in [0.1, 0.15) is 17.1 Å². The fourth-order valence-corrected chi connectivity index (χ4v) is 2.51. The Kier molecular flexibility index (Phi) is 2.14. The molecule has 1 aliphatic rings. The largest absolute Gasteiger partial charge is 0.507 e. The van der Waals surface area contributed by atoms with Crippen LogP contribution in [-0.2, 0) is 0 Å². The van der Waals surface area contributed by atoms with Gasteiger partial charge in [-0.25, -0.2) is 0 Å². The molecule has 2 aromatic rings. The lowest BCUT2D eigenvalue weighted by Crippen LogP contribution is -2.35. The number of benzene rings is 2. The van der Waals surface area contributed by atoms with Gasteiger partial charge in [-0.05, 0) is 19.2 Å². The molecule has 92 valence electrons. The summed E-state index contributed by atoms with van der Waals surface area (Å²) in [4.78, 5) is 12.3. The molecular formula is C15H14O3. The number of ether oxygens (including phenoxy) is 1. The predicted octanol–water partition coefficient (Wildman–Crippen LogP) is 3.29. The van der Waals surface area contributed by atoms with Crippen LogP contribution in [0.3, 0.4) is 0 Å². The molecule has 0 saturated carbocycles. The zero-order valence-electron chi connectivity index (χ0n) is 10.4. The van der Waals surface area contributed by atoms with Crippen LogP contribution in [0.5, 0.6) is 11.5 Å². The molecule has 3 nitrogen and oxygen atoms in total. The van der Waals surface area contributed by atoms with Crippen molar-refractivity contribution in [2.75, 3.05) is 0 Å². The summed E-state index contributed by atoms with van der Waals surface area (Å²) < 4.78 is 5.80. The van der Waals surface area contributed by atoms with Gasteiger partial charge in [-0.15, -0.1) is 0 Å². The molecule has 0 aromatic heterocycles. The standard InChI is InChI=1S/C15H14O3/c1-15(2)8-12(17)14-10-6-4-3-5-9(10)11(16)7-13(14)18-15/h3-7,16H,8H2,1-2H3. The Morgan fingerprint density at radius 1 is 1.22 bits per heavy atom. The molecule has 0 amide bonds. The SMILES string of the molecule is CC1(C)CC(=O)c2c(cc(O)c3ccccc23)O1. The minimum atomic E-state index is -0.515. The molecule has 3 heteroatoms. The van der Waals surface area contributed by atoms with Gasteiger partial charge in [0.2, 0.25) is 0 Å². The predicted molar refractivity (Wildman–Crippen MR) is 69.3 cm³/mol. The minimum absolute atomic E-state index is 0.0671. The Hall–Kier alpha value is -2.03. The van der Waals surface area contributed by atoms with Gasteiger partial charge < -0.3 is 9.84 Å². The van der Waals surface area contributed by atoms with Crippen LogP contribution in [0.15, 0.2) is 30.3 Å². The van der Waals surface area contributed by atoms with Crippen molar-refractivity contribution in [2.24, 2.45) is 0 Å². The lowest BCUT2D eigenvalue weighted by atomic mass is 9.89. The van der Waals surface area contributed by atoms with Crippen molar-refractivity contribution in [3.05, 3.63) is 35.9 Å². The first-order valence-electron chi connectivity index (χ1n) is 5.95. The fourth-order valence-electron chi connectivity index (χ4n) is 2.51. The number of rotatable bonds is 0. The second kappa shape index (κ2) is 3.48. The summed E-state index contributed by atoms with van der Waals surface area (Å²) in [6.07, 6.45) is 0.356. The monoisotopic (exact) mass is 242 g/mol. The molecule has 1 N–H and O–H groups in total. The van der Waals surface area contributed by atoms with Crippen LogP contribution in [0.4, 0.5) is 0 Å². The van der Waals surface area contributed by atoms with E-state index in [1.54, 1.807) is 6.07 Å². The van der Waals surface area contributed by atoms with Crippen LogP contribution in [0.25, 0.3) is 10.8 Å². The molecular weight excluding hydrogens is 228 g/mol. The summed E-state index contributed by atoms with van der Waals surface area (Å²) in [5.74, 6) is 0.694. The van der Waals surface area contributed by atoms with E-state index in [0.29, 0.717) is 23.1 Å². The summed E-state index contributed by atoms with van der Waals surface area (Å²) in [7, 11) is 0. The number of ketones is 1. The molecule has 18 heavy (non-hydrogen) atoms. The number of phenolic OH excluding ortho intramolecular Hbond substituents is 1. The topological polar surface area (TPSA) is 46.5 Å². The number of phenols is 1. The molecule has 3 rings (SSSR count). The molecule has 0 unspecified atom stereocenters. The van der Waals surface area contributed by atoms with Gasteiger partial charge in [-0.3, -0.25) is 4.79 Å². The van der Waals surface area contributed by atoms with Gasteiger partial charge in [0.05, 0.1) is 12.0 Å². The molecule has 0 spiro atoms. The molecule has 0 aliphatic carbocycles. The first kappa shape index (κ1) is 11.1. The summed E-state index contributed by atoms with van der Waals surface area (Å²) in [5.41, 5.74) is 0.0710. The highest BCUT2D eigenvalue weighted by molar-refractivity contribution is 6.12. The van der Waals surface area contributed by atoms with Crippen LogP contribution in [-0.4, -0.2) is 16.5 Å². The molecule has 0 saturated heterocycles. The summed E-state index contributed by atoms with van der Waals surface area (Å²) in [5, 5.41) is 11.4. The second-order valence-electron chi connectivity index (χ2n) is 5.28. The van der Waals surface area contributed by atoms with Crippen LogP contribution in [0, 0.1) is 0 Å². The quantitative estimate of drug-likeness (QED) is 0.771. The zero-order chi connectivity index (χ0) is 12.9. The van der Waals surface area contributed by atoms with E-state index < -0.39 is 5.60 Å². The molecule has 0 bridgehead atoms. The van der Waals surface area contributed by atoms with Crippen LogP contribution in [0.1, 0.15) is 30.6 Å². The maximum Gasteiger partial charge on any atom is 0.171 e. The zero-order valence-corrected chi connectivity index (χ0v) is 10.4. The number of fused-ring (bicyclic) bond motifs is 3. The van der Waals surface area contributed by atoms with E-state index in [2.05, 4.69) is 0 Å². The maximum atomic E-state index is 12.3. The number of carbonyl (C=O) groups excluding carboxylic acids is 1. The lowest BCUT2D eigenvalue weighted by Gasteiger charge is -2.32. The maximum absolute atomic E-state index is 12.3. The van der Waals surface area contributed by atoms with Crippen LogP contribution >= 0.6 is 0 Å². The number of carbonyl (C=O) groups is 1. The van der Waals surface area contributed by atoms with Crippen molar-refractivity contribution >= 4 is 16.6 Å². The smallest absolute Gasteiger partial charge is 0.171 e. The molecule has 0 fully saturated rings. The van der Waals surface area contributed by atoms with E-state index in [-0.39, 0.29) is 11.5 Å². The van der Waals surface area contributed by atoms with E-state index >= 15 is 0 Å². The Labute approximate surface area is 105 Å². The lowest BCUT2D eigenvalue weighted by molar-refractivity contribution is 0.0623. The molecule has 1 heterocycles. The third kappa shape index (κ3) is 1.55. The Morgan fingerprint density at radius 2 is 1.89 bits per heavy atom. The van der Waals surface area contributed by atoms with Gasteiger partial charge in [0.25, 0.3) is 0 Å². The number of Topliss-reactive ketones (excluding diaryl/α,β-unsaturated/α-hetero) is 1. The molecule has 0 atom stereocenters. The highest BCUT2D eigenvalue weighted by Gasteiger charge is 2.34. The van der Waals surface area contributed by atoms with E-state index in [4.69, 9.17) is 4.74 Å². The van der Waals surface area contributed by atoms with Crippen LogP contribution in [0.2, 0.25) is 0 Å². The molecule has 2 aromatic carbocycles. The normalized spacial score (nSPS) is 17.3. The average molecular weight is 242 g/mol. The average Bonchev–Trinajstić information content (AvgIpc) is 2.26. The van der Waals surface area contributed by atoms with Crippen molar-refractivity contribution < 1.29 is 14.6 Å². The van der Waals surface area contributed by atoms with Gasteiger partial charge in [-0.1, -0.05) is 24.3 Å². The third-order valence-electron chi connectivity index (χ3n) is 3.24. The van der Waals surface area contributed by atoms with E-state index in [0.717, 1.165) is 5.39 Å². The van der Waals surface area contributed by atoms with Crippen molar-refractivity contribution in [1.82, 2.24) is 0 Å². The van der Waals surface area contributed by atoms with Gasteiger partial charge in [0.15, 0.2) is 5.78 Å². The second-order valence-corrected chi connectivity index (χ2v) is 5.28. The van der Waals surface area contributed by atoms with Crippen molar-refractivity contribution in [3.8, 4) is 11.5 Å². The van der Waals surface area contributed by atoms with Crippen molar-refractivity contribution in [1.29, 1.82) is 0 Å². The highest BCUT2D eigenvalue weighted by Crippen LogP contribution is 2.41. The van der Waals surface area contributed by atoms with E-state index in [9.17, 15) is 9.90 Å². The Balaban J connectivity index is 2.36. The first-order valence-corrected chi connectivity index (χ1v) is 5.95. The Morgan fingerprint density at radius 3 is 2.61 bits per heavy atom. The summed E-state index contributed by atoms with van der Waals surface area (Å²) in [6, 6.07) is 8.88. The van der Waals surface area contributed by atoms with Gasteiger partial charge >= 0.3 is 0 Å². The van der Waals surface area contributed by atoms with E-state index in [1.165, 1.54) is 6.07 Å². The third-order valence-corrected chi connectivity index (χ3v) is 3.24. The van der Waals surface area contributed by atoms with Crippen molar-refractivity contribution in [3.63, 3.8) is 0 Å². The van der Waals surface area contributed by atoms with Gasteiger partial charge in [-0.2, -0.15) is 0 Å². The fraction of sp³-hybridized carbons (Fsp3) is 0.267. The highest BCUT2D eigenvalue weighted by atomic mass is 16.5. The molecule has 1 aliphatic heterocycles. The molecule has 0 radical (unpaired) electrons. The Bertz CT molecular complexity index is 656. The van der Waals surface area contributed by atoms with Gasteiger partial charge in [0, 0.05) is 11.5 Å². The van der Waals surface area contributed by atoms with E-state index in [1.807, 2.05) is 32.0 Å². The number of hydrogen-bond donors (Lipinski definition) is 1. The number of hydrogen-bond acceptors (Lipinski definition) is 3. The first-order chi connectivity index (χ1) is 8.48. The van der Waals surface area contributed by atoms with Crippen molar-refractivity contribution in [2.45, 2.75) is 25.9 Å². The number of aromatic hydroxyl groups is 1.